The number of pyridine rings is 1. The molecule has 7 aromatic rings. The second kappa shape index (κ2) is 6.49. The Hall–Kier alpha value is -4.51. The van der Waals surface area contributed by atoms with Gasteiger partial charge in [0.05, 0.1) is 11.0 Å². The van der Waals surface area contributed by atoms with E-state index in [4.69, 9.17) is 9.97 Å². The Balaban J connectivity index is 1.71. The zero-order valence-corrected chi connectivity index (χ0v) is 17.1. The molecule has 0 N–H and O–H groups in total. The molecule has 0 aliphatic rings. The van der Waals surface area contributed by atoms with Crippen LogP contribution in [0.2, 0.25) is 0 Å². The van der Waals surface area contributed by atoms with Crippen molar-refractivity contribution in [3.63, 3.8) is 0 Å². The van der Waals surface area contributed by atoms with Crippen LogP contribution in [0.1, 0.15) is 0 Å². The molecule has 0 radical (unpaired) electrons. The van der Waals surface area contributed by atoms with Crippen LogP contribution in [0.4, 0.5) is 0 Å². The molecule has 0 saturated heterocycles. The molecule has 0 saturated carbocycles. The first-order valence-electron chi connectivity index (χ1n) is 10.6. The summed E-state index contributed by atoms with van der Waals surface area (Å²) < 4.78 is 4.29. The molecule has 0 bridgehead atoms. The lowest BCUT2D eigenvalue weighted by molar-refractivity contribution is 1.05. The Labute approximate surface area is 183 Å². The summed E-state index contributed by atoms with van der Waals surface area (Å²) in [4.78, 5) is 15.0. The average molecular weight is 411 g/mol. The first kappa shape index (κ1) is 17.2. The lowest BCUT2D eigenvalue weighted by Gasteiger charge is -2.08. The first-order valence-corrected chi connectivity index (χ1v) is 10.6. The predicted octanol–water partition coefficient (Wildman–Crippen LogP) is 6.07. The minimum atomic E-state index is 0.803. The van der Waals surface area contributed by atoms with Crippen LogP contribution in [0.3, 0.4) is 0 Å². The van der Waals surface area contributed by atoms with Crippen molar-refractivity contribution in [1.82, 2.24) is 24.1 Å². The van der Waals surface area contributed by atoms with Gasteiger partial charge in [0.15, 0.2) is 11.3 Å². The number of hydrogen-bond acceptors (Lipinski definition) is 3. The molecule has 0 spiro atoms. The summed E-state index contributed by atoms with van der Waals surface area (Å²) in [5.41, 5.74) is 6.63. The molecular formula is C27H17N5. The minimum Gasteiger partial charge on any atom is -0.292 e. The fraction of sp³-hybridized carbons (Fsp3) is 0. The van der Waals surface area contributed by atoms with E-state index in [-0.39, 0.29) is 0 Å². The Kier molecular flexibility index (Phi) is 3.49. The van der Waals surface area contributed by atoms with E-state index in [0.29, 0.717) is 0 Å². The molecule has 0 unspecified atom stereocenters. The molecule has 3 aromatic carbocycles. The van der Waals surface area contributed by atoms with Gasteiger partial charge in [-0.15, -0.1) is 0 Å². The van der Waals surface area contributed by atoms with Crippen LogP contribution in [0.5, 0.6) is 0 Å². The van der Waals surface area contributed by atoms with Crippen LogP contribution in [-0.2, 0) is 0 Å². The molecule has 32 heavy (non-hydrogen) atoms. The highest BCUT2D eigenvalue weighted by Gasteiger charge is 2.20. The van der Waals surface area contributed by atoms with E-state index in [9.17, 15) is 0 Å². The predicted molar refractivity (Wildman–Crippen MR) is 129 cm³/mol. The monoisotopic (exact) mass is 411 g/mol. The third kappa shape index (κ3) is 2.30. The maximum Gasteiger partial charge on any atom is 0.168 e. The van der Waals surface area contributed by atoms with Crippen LogP contribution in [0.15, 0.2) is 103 Å². The molecule has 0 fully saturated rings. The molecule has 0 aliphatic carbocycles. The van der Waals surface area contributed by atoms with Crippen molar-refractivity contribution < 1.29 is 0 Å². The number of benzene rings is 3. The van der Waals surface area contributed by atoms with Crippen molar-refractivity contribution in [3.8, 4) is 11.5 Å². The SMILES string of the molecule is c1ccc(-n2c3ccccc3c3nc4c5ccccc5n(-c5ccccn5)c4nc32)cc1. The fourth-order valence-electron chi connectivity index (χ4n) is 4.61. The maximum atomic E-state index is 5.23. The van der Waals surface area contributed by atoms with Crippen LogP contribution >= 0.6 is 0 Å². The van der Waals surface area contributed by atoms with Crippen LogP contribution in [0, 0.1) is 0 Å². The van der Waals surface area contributed by atoms with Crippen LogP contribution < -0.4 is 0 Å². The highest BCUT2D eigenvalue weighted by atomic mass is 15.2. The normalized spacial score (nSPS) is 11.8. The van der Waals surface area contributed by atoms with Crippen LogP contribution in [-0.4, -0.2) is 24.1 Å². The highest BCUT2D eigenvalue weighted by molar-refractivity contribution is 6.12. The van der Waals surface area contributed by atoms with Crippen molar-refractivity contribution in [3.05, 3.63) is 103 Å². The highest BCUT2D eigenvalue weighted by Crippen LogP contribution is 2.35. The van der Waals surface area contributed by atoms with E-state index < -0.39 is 0 Å². The number of para-hydroxylation sites is 3. The van der Waals surface area contributed by atoms with Gasteiger partial charge in [-0.2, -0.15) is 0 Å². The van der Waals surface area contributed by atoms with Crippen molar-refractivity contribution in [2.75, 3.05) is 0 Å². The third-order valence-corrected chi connectivity index (χ3v) is 5.98. The number of fused-ring (bicyclic) bond motifs is 6. The van der Waals surface area contributed by atoms with Gasteiger partial charge in [-0.25, -0.2) is 15.0 Å². The van der Waals surface area contributed by atoms with Crippen LogP contribution in [0.25, 0.3) is 55.6 Å². The van der Waals surface area contributed by atoms with Gasteiger partial charge in [0, 0.05) is 22.7 Å². The third-order valence-electron chi connectivity index (χ3n) is 5.98. The summed E-state index contributed by atoms with van der Waals surface area (Å²) in [7, 11) is 0. The number of aromatic nitrogens is 5. The van der Waals surface area contributed by atoms with Crippen molar-refractivity contribution >= 4 is 44.1 Å². The Bertz CT molecular complexity index is 1630. The number of rotatable bonds is 2. The van der Waals surface area contributed by atoms with Gasteiger partial charge < -0.3 is 0 Å². The summed E-state index contributed by atoms with van der Waals surface area (Å²) in [5.74, 6) is 0.828. The summed E-state index contributed by atoms with van der Waals surface area (Å²) in [6.07, 6.45) is 1.81. The number of hydrogen-bond donors (Lipinski definition) is 0. The largest absolute Gasteiger partial charge is 0.292 e. The van der Waals surface area contributed by atoms with E-state index in [1.54, 1.807) is 0 Å². The summed E-state index contributed by atoms with van der Waals surface area (Å²) in [5, 5.41) is 2.16. The smallest absolute Gasteiger partial charge is 0.168 e. The molecule has 150 valence electrons. The molecule has 0 atom stereocenters. The fourth-order valence-corrected chi connectivity index (χ4v) is 4.61. The Morgan fingerprint density at radius 2 is 1.09 bits per heavy atom. The maximum absolute atomic E-state index is 5.23. The second-order valence-corrected chi connectivity index (χ2v) is 7.80. The van der Waals surface area contributed by atoms with E-state index in [1.807, 2.05) is 54.7 Å². The molecule has 5 heteroatoms. The standard InChI is InChI=1S/C27H17N5/c1-2-10-18(11-3-1)31-21-14-6-4-12-19(21)24-26(31)30-27-25(29-24)20-13-5-7-15-22(20)32(27)23-16-8-9-17-28-23/h1-17H. The average Bonchev–Trinajstić information content (AvgIpc) is 3.36. The zero-order chi connectivity index (χ0) is 21.1. The first-order chi connectivity index (χ1) is 15.9. The topological polar surface area (TPSA) is 48.5 Å². The van der Waals surface area contributed by atoms with E-state index in [2.05, 4.69) is 62.6 Å². The molecule has 0 amide bonds. The molecule has 7 rings (SSSR count). The molecule has 0 aliphatic heterocycles. The minimum absolute atomic E-state index is 0.803. The van der Waals surface area contributed by atoms with Gasteiger partial charge in [0.2, 0.25) is 0 Å². The van der Waals surface area contributed by atoms with Gasteiger partial charge in [-0.3, -0.25) is 9.13 Å². The van der Waals surface area contributed by atoms with Crippen molar-refractivity contribution in [2.45, 2.75) is 0 Å². The molecule has 5 nitrogen and oxygen atoms in total. The van der Waals surface area contributed by atoms with Gasteiger partial charge in [0.1, 0.15) is 16.9 Å². The van der Waals surface area contributed by atoms with Crippen molar-refractivity contribution in [2.24, 2.45) is 0 Å². The van der Waals surface area contributed by atoms with Crippen molar-refractivity contribution in [1.29, 1.82) is 0 Å². The summed E-state index contributed by atoms with van der Waals surface area (Å²) in [6.45, 7) is 0. The van der Waals surface area contributed by atoms with E-state index in [1.165, 1.54) is 0 Å². The molecular weight excluding hydrogens is 394 g/mol. The van der Waals surface area contributed by atoms with Gasteiger partial charge >= 0.3 is 0 Å². The van der Waals surface area contributed by atoms with E-state index in [0.717, 1.165) is 55.6 Å². The van der Waals surface area contributed by atoms with Gasteiger partial charge in [0.25, 0.3) is 0 Å². The zero-order valence-electron chi connectivity index (χ0n) is 17.1. The van der Waals surface area contributed by atoms with Gasteiger partial charge in [-0.1, -0.05) is 60.7 Å². The Morgan fingerprint density at radius 1 is 0.500 bits per heavy atom. The molecule has 4 aromatic heterocycles. The summed E-state index contributed by atoms with van der Waals surface area (Å²) in [6, 6.07) is 32.9. The van der Waals surface area contributed by atoms with E-state index >= 15 is 0 Å². The number of nitrogens with zero attached hydrogens (tertiary/aromatic N) is 5. The quantitative estimate of drug-likeness (QED) is 0.347. The Morgan fingerprint density at radius 3 is 1.78 bits per heavy atom. The molecule has 4 heterocycles. The summed E-state index contributed by atoms with van der Waals surface area (Å²) >= 11 is 0. The lowest BCUT2D eigenvalue weighted by atomic mass is 10.2. The van der Waals surface area contributed by atoms with Gasteiger partial charge in [-0.05, 0) is 36.4 Å². The lowest BCUT2D eigenvalue weighted by Crippen LogP contribution is -2.00. The second-order valence-electron chi connectivity index (χ2n) is 7.80.